The molecule has 0 aliphatic rings. The second-order valence-electron chi connectivity index (χ2n) is 5.88. The van der Waals surface area contributed by atoms with Crippen LogP contribution in [-0.4, -0.2) is 70.8 Å². The highest BCUT2D eigenvalue weighted by atomic mass is 19.4. The molecule has 0 aromatic rings. The molecule has 0 amide bonds. The first kappa shape index (κ1) is 28.8. The Morgan fingerprint density at radius 3 is 1.23 bits per heavy atom. The van der Waals surface area contributed by atoms with Gasteiger partial charge in [0, 0.05) is 6.42 Å². The number of halogens is 16. The van der Waals surface area contributed by atoms with E-state index in [4.69, 9.17) is 10.2 Å². The van der Waals surface area contributed by atoms with Crippen molar-refractivity contribution in [3.8, 4) is 0 Å². The zero-order valence-electron chi connectivity index (χ0n) is 13.7. The summed E-state index contributed by atoms with van der Waals surface area (Å²) < 4.78 is 208. The molecule has 1 atom stereocenters. The van der Waals surface area contributed by atoms with Crippen molar-refractivity contribution in [1.29, 1.82) is 0 Å². The van der Waals surface area contributed by atoms with Crippen LogP contribution in [0.1, 0.15) is 12.8 Å². The molecule has 0 aliphatic heterocycles. The largest absolute Gasteiger partial charge is 0.394 e. The Morgan fingerprint density at radius 2 is 0.900 bits per heavy atom. The second kappa shape index (κ2) is 8.05. The normalized spacial score (nSPS) is 16.9. The summed E-state index contributed by atoms with van der Waals surface area (Å²) in [7, 11) is 0. The van der Waals surface area contributed by atoms with Crippen LogP contribution in [0.5, 0.6) is 0 Å². The standard InChI is InChI=1S/C12H10F16O2/c13-5(14)7(17,18)9(21,22)11(25,26)12(27,28)10(23,24)8(19,20)6(15,16)2-1-4(30)3-29/h4-5,29-30H,1-3H2. The van der Waals surface area contributed by atoms with Crippen LogP contribution in [0.25, 0.3) is 0 Å². The van der Waals surface area contributed by atoms with E-state index in [9.17, 15) is 70.2 Å². The van der Waals surface area contributed by atoms with Crippen molar-refractivity contribution in [1.82, 2.24) is 0 Å². The number of alkyl halides is 16. The third kappa shape index (κ3) is 4.00. The average molecular weight is 490 g/mol. The Kier molecular flexibility index (Phi) is 7.73. The van der Waals surface area contributed by atoms with Crippen molar-refractivity contribution < 1.29 is 80.5 Å². The van der Waals surface area contributed by atoms with E-state index in [2.05, 4.69) is 0 Å². The zero-order chi connectivity index (χ0) is 24.8. The fourth-order valence-electron chi connectivity index (χ4n) is 1.76. The third-order valence-electron chi connectivity index (χ3n) is 3.73. The van der Waals surface area contributed by atoms with Crippen molar-refractivity contribution in [2.75, 3.05) is 6.61 Å². The summed E-state index contributed by atoms with van der Waals surface area (Å²) in [6.45, 7) is -1.44. The number of rotatable bonds is 11. The predicted molar refractivity (Wildman–Crippen MR) is 63.0 cm³/mol. The van der Waals surface area contributed by atoms with Crippen LogP contribution >= 0.6 is 0 Å². The van der Waals surface area contributed by atoms with Gasteiger partial charge in [0.1, 0.15) is 0 Å². The number of aliphatic hydroxyl groups is 2. The quantitative estimate of drug-likeness (QED) is 0.408. The van der Waals surface area contributed by atoms with E-state index in [1.807, 2.05) is 0 Å². The minimum absolute atomic E-state index is 1.44. The maximum Gasteiger partial charge on any atom is 0.384 e. The summed E-state index contributed by atoms with van der Waals surface area (Å²) in [4.78, 5) is 0. The first-order valence-electron chi connectivity index (χ1n) is 7.12. The van der Waals surface area contributed by atoms with E-state index >= 15 is 0 Å². The molecule has 0 aromatic carbocycles. The van der Waals surface area contributed by atoms with Gasteiger partial charge in [0.15, 0.2) is 0 Å². The lowest BCUT2D eigenvalue weighted by Crippen LogP contribution is -2.73. The van der Waals surface area contributed by atoms with Crippen LogP contribution in [0.15, 0.2) is 0 Å². The highest BCUT2D eigenvalue weighted by Crippen LogP contribution is 2.63. The number of aliphatic hydroxyl groups excluding tert-OH is 2. The van der Waals surface area contributed by atoms with Gasteiger partial charge in [-0.3, -0.25) is 0 Å². The van der Waals surface area contributed by atoms with Crippen LogP contribution in [-0.2, 0) is 0 Å². The van der Waals surface area contributed by atoms with Gasteiger partial charge in [0.25, 0.3) is 0 Å². The molecule has 0 aromatic heterocycles. The smallest absolute Gasteiger partial charge is 0.384 e. The molecule has 0 rings (SSSR count). The van der Waals surface area contributed by atoms with Crippen LogP contribution in [0.4, 0.5) is 70.2 Å². The second-order valence-corrected chi connectivity index (χ2v) is 5.88. The Labute approximate surface area is 155 Å². The summed E-state index contributed by atoms with van der Waals surface area (Å²) in [5.74, 6) is -54.7. The van der Waals surface area contributed by atoms with Gasteiger partial charge in [0.2, 0.25) is 0 Å². The van der Waals surface area contributed by atoms with Gasteiger partial charge < -0.3 is 10.2 Å². The van der Waals surface area contributed by atoms with E-state index in [-0.39, 0.29) is 0 Å². The first-order valence-corrected chi connectivity index (χ1v) is 7.12. The third-order valence-corrected chi connectivity index (χ3v) is 3.73. The van der Waals surface area contributed by atoms with E-state index in [0.717, 1.165) is 0 Å². The van der Waals surface area contributed by atoms with Gasteiger partial charge in [0.05, 0.1) is 12.7 Å². The van der Waals surface area contributed by atoms with Crippen LogP contribution in [0.3, 0.4) is 0 Å². The molecule has 0 heterocycles. The molecule has 0 spiro atoms. The zero-order valence-corrected chi connectivity index (χ0v) is 13.7. The topological polar surface area (TPSA) is 40.5 Å². The molecule has 0 fully saturated rings. The highest BCUT2D eigenvalue weighted by molar-refractivity contribution is 5.14. The Hall–Kier alpha value is -1.20. The molecule has 182 valence electrons. The minimum Gasteiger partial charge on any atom is -0.394 e. The van der Waals surface area contributed by atoms with Crippen molar-refractivity contribution >= 4 is 0 Å². The van der Waals surface area contributed by atoms with Gasteiger partial charge in [-0.25, -0.2) is 8.78 Å². The molecular formula is C12H10F16O2. The Bertz CT molecular complexity index is 587. The molecule has 2 nitrogen and oxygen atoms in total. The van der Waals surface area contributed by atoms with Crippen molar-refractivity contribution in [2.24, 2.45) is 0 Å². The summed E-state index contributed by atoms with van der Waals surface area (Å²) >= 11 is 0. The van der Waals surface area contributed by atoms with Crippen molar-refractivity contribution in [3.05, 3.63) is 0 Å². The first-order chi connectivity index (χ1) is 12.9. The molecule has 0 bridgehead atoms. The molecule has 0 aliphatic carbocycles. The van der Waals surface area contributed by atoms with Gasteiger partial charge in [-0.1, -0.05) is 0 Å². The summed E-state index contributed by atoms with van der Waals surface area (Å²) in [6.07, 6.45) is -12.6. The van der Waals surface area contributed by atoms with E-state index in [1.165, 1.54) is 0 Å². The monoisotopic (exact) mass is 490 g/mol. The highest BCUT2D eigenvalue weighted by Gasteiger charge is 2.93. The summed E-state index contributed by atoms with van der Waals surface area (Å²) in [6, 6.07) is 0. The van der Waals surface area contributed by atoms with E-state index in [0.29, 0.717) is 0 Å². The lowest BCUT2D eigenvalue weighted by molar-refractivity contribution is -0.447. The van der Waals surface area contributed by atoms with Crippen molar-refractivity contribution in [2.45, 2.75) is 66.8 Å². The minimum atomic E-state index is -8.43. The van der Waals surface area contributed by atoms with E-state index < -0.39 is 73.4 Å². The Balaban J connectivity index is 6.39. The molecular weight excluding hydrogens is 480 g/mol. The molecule has 0 radical (unpaired) electrons. The van der Waals surface area contributed by atoms with Gasteiger partial charge in [-0.05, 0) is 6.42 Å². The molecule has 18 heteroatoms. The molecule has 0 saturated carbocycles. The Morgan fingerprint density at radius 1 is 0.567 bits per heavy atom. The summed E-state index contributed by atoms with van der Waals surface area (Å²) in [5, 5.41) is 17.0. The number of hydrogen-bond acceptors (Lipinski definition) is 2. The maximum atomic E-state index is 13.4. The van der Waals surface area contributed by atoms with Crippen molar-refractivity contribution in [3.63, 3.8) is 0 Å². The summed E-state index contributed by atoms with van der Waals surface area (Å²) in [5.41, 5.74) is 0. The molecule has 1 unspecified atom stereocenters. The van der Waals surface area contributed by atoms with E-state index in [1.54, 1.807) is 0 Å². The SMILES string of the molecule is OCC(O)CCC(F)(F)C(F)(F)C(F)(F)C(F)(F)C(F)(F)C(F)(F)C(F)(F)C(F)F. The molecule has 30 heavy (non-hydrogen) atoms. The van der Waals surface area contributed by atoms with Gasteiger partial charge in [-0.2, -0.15) is 61.5 Å². The molecule has 0 saturated heterocycles. The van der Waals surface area contributed by atoms with Crippen LogP contribution in [0.2, 0.25) is 0 Å². The van der Waals surface area contributed by atoms with Gasteiger partial charge >= 0.3 is 47.9 Å². The predicted octanol–water partition coefficient (Wildman–Crippen LogP) is 4.83. The van der Waals surface area contributed by atoms with Crippen LogP contribution < -0.4 is 0 Å². The fraction of sp³-hybridized carbons (Fsp3) is 1.00. The maximum absolute atomic E-state index is 13.4. The van der Waals surface area contributed by atoms with Gasteiger partial charge in [-0.15, -0.1) is 0 Å². The van der Waals surface area contributed by atoms with Crippen LogP contribution in [0, 0.1) is 0 Å². The fourth-order valence-corrected chi connectivity index (χ4v) is 1.76. The lowest BCUT2D eigenvalue weighted by Gasteiger charge is -2.42. The molecule has 2 N–H and O–H groups in total. The lowest BCUT2D eigenvalue weighted by atomic mass is 9.88. The average Bonchev–Trinajstić information content (AvgIpc) is 2.58. The number of hydrogen-bond donors (Lipinski definition) is 2.